The van der Waals surface area contributed by atoms with E-state index in [1.54, 1.807) is 32.4 Å². The highest BCUT2D eigenvalue weighted by Crippen LogP contribution is 2.28. The van der Waals surface area contributed by atoms with Gasteiger partial charge in [0.15, 0.2) is 5.82 Å². The maximum Gasteiger partial charge on any atom is 0.161 e. The van der Waals surface area contributed by atoms with Crippen LogP contribution in [0.25, 0.3) is 11.4 Å². The Morgan fingerprint density at radius 3 is 2.26 bits per heavy atom. The fraction of sp³-hybridized carbons (Fsp3) is 0.154. The van der Waals surface area contributed by atoms with E-state index in [2.05, 4.69) is 9.97 Å². The minimum Gasteiger partial charge on any atom is -0.497 e. The van der Waals surface area contributed by atoms with Crippen LogP contribution in [-0.4, -0.2) is 24.2 Å². The van der Waals surface area contributed by atoms with Gasteiger partial charge < -0.3 is 15.2 Å². The number of ether oxygens (including phenoxy) is 2. The van der Waals surface area contributed by atoms with Crippen molar-refractivity contribution in [3.8, 4) is 29.0 Å². The molecule has 1 aromatic heterocycles. The van der Waals surface area contributed by atoms with Crippen LogP contribution < -0.4 is 15.2 Å². The molecule has 0 aliphatic heterocycles. The van der Waals surface area contributed by atoms with Crippen molar-refractivity contribution in [3.05, 3.63) is 30.0 Å². The summed E-state index contributed by atoms with van der Waals surface area (Å²) in [6.07, 6.45) is 1.39. The smallest absolute Gasteiger partial charge is 0.161 e. The Labute approximate surface area is 110 Å². The third-order valence-corrected chi connectivity index (χ3v) is 2.55. The Hall–Kier alpha value is -2.81. The first-order valence-electron chi connectivity index (χ1n) is 5.44. The second-order valence-electron chi connectivity index (χ2n) is 3.71. The first-order chi connectivity index (χ1) is 9.17. The summed E-state index contributed by atoms with van der Waals surface area (Å²) in [5, 5.41) is 8.79. The number of methoxy groups -OCH3 is 2. The summed E-state index contributed by atoms with van der Waals surface area (Å²) < 4.78 is 10.3. The van der Waals surface area contributed by atoms with Gasteiger partial charge in [0.2, 0.25) is 0 Å². The molecular weight excluding hydrogens is 244 g/mol. The summed E-state index contributed by atoms with van der Waals surface area (Å²) in [5.74, 6) is 1.81. The third-order valence-electron chi connectivity index (χ3n) is 2.55. The van der Waals surface area contributed by atoms with Crippen LogP contribution in [0.2, 0.25) is 0 Å². The highest BCUT2D eigenvalue weighted by Gasteiger charge is 2.09. The largest absolute Gasteiger partial charge is 0.497 e. The molecule has 0 bridgehead atoms. The van der Waals surface area contributed by atoms with E-state index in [1.165, 1.54) is 6.20 Å². The topological polar surface area (TPSA) is 94.0 Å². The van der Waals surface area contributed by atoms with Gasteiger partial charge in [-0.25, -0.2) is 9.97 Å². The van der Waals surface area contributed by atoms with Crippen LogP contribution >= 0.6 is 0 Å². The Bertz CT molecular complexity index is 627. The third kappa shape index (κ3) is 2.55. The molecule has 96 valence electrons. The first-order valence-corrected chi connectivity index (χ1v) is 5.44. The number of aromatic nitrogens is 2. The van der Waals surface area contributed by atoms with E-state index in [0.717, 1.165) is 0 Å². The predicted molar refractivity (Wildman–Crippen MR) is 69.7 cm³/mol. The molecule has 0 aliphatic rings. The minimum atomic E-state index is 0.147. The molecular formula is C13H12N4O2. The van der Waals surface area contributed by atoms with Gasteiger partial charge in [-0.15, -0.1) is 0 Å². The molecule has 0 saturated carbocycles. The monoisotopic (exact) mass is 256 g/mol. The summed E-state index contributed by atoms with van der Waals surface area (Å²) in [6.45, 7) is 0. The summed E-state index contributed by atoms with van der Waals surface area (Å²) >= 11 is 0. The molecule has 0 atom stereocenters. The van der Waals surface area contributed by atoms with Crippen molar-refractivity contribution < 1.29 is 9.47 Å². The van der Waals surface area contributed by atoms with E-state index >= 15 is 0 Å². The molecule has 0 saturated heterocycles. The van der Waals surface area contributed by atoms with Crippen molar-refractivity contribution >= 4 is 5.82 Å². The maximum absolute atomic E-state index is 8.79. The van der Waals surface area contributed by atoms with Crippen molar-refractivity contribution in [2.75, 3.05) is 20.0 Å². The van der Waals surface area contributed by atoms with Crippen LogP contribution in [0.5, 0.6) is 11.5 Å². The standard InChI is InChI=1S/C13H12N4O2/c1-18-10-3-8(4-11(5-10)19-2)13-16-7-9(6-14)12(15)17-13/h3-5,7H,1-2H3,(H2,15,16,17). The van der Waals surface area contributed by atoms with Crippen LogP contribution in [0.1, 0.15) is 5.56 Å². The predicted octanol–water partition coefficient (Wildman–Crippen LogP) is 1.61. The highest BCUT2D eigenvalue weighted by molar-refractivity contribution is 5.63. The Morgan fingerprint density at radius 1 is 1.16 bits per heavy atom. The van der Waals surface area contributed by atoms with Crippen LogP contribution in [0, 0.1) is 11.3 Å². The van der Waals surface area contributed by atoms with E-state index < -0.39 is 0 Å². The van der Waals surface area contributed by atoms with Crippen LogP contribution in [0.15, 0.2) is 24.4 Å². The van der Waals surface area contributed by atoms with Gasteiger partial charge >= 0.3 is 0 Å². The van der Waals surface area contributed by atoms with E-state index in [4.69, 9.17) is 20.5 Å². The van der Waals surface area contributed by atoms with Gasteiger partial charge in [-0.3, -0.25) is 0 Å². The second-order valence-corrected chi connectivity index (χ2v) is 3.71. The fourth-order valence-corrected chi connectivity index (χ4v) is 1.56. The van der Waals surface area contributed by atoms with Gasteiger partial charge in [0, 0.05) is 11.6 Å². The van der Waals surface area contributed by atoms with Crippen LogP contribution in [0.3, 0.4) is 0 Å². The molecule has 19 heavy (non-hydrogen) atoms. The Kier molecular flexibility index (Phi) is 3.48. The van der Waals surface area contributed by atoms with E-state index in [0.29, 0.717) is 22.9 Å². The summed E-state index contributed by atoms with van der Waals surface area (Å²) in [7, 11) is 3.12. The number of nitrogens with two attached hydrogens (primary N) is 1. The van der Waals surface area contributed by atoms with Crippen molar-refractivity contribution in [2.24, 2.45) is 0 Å². The van der Waals surface area contributed by atoms with Crippen molar-refractivity contribution in [2.45, 2.75) is 0 Å². The van der Waals surface area contributed by atoms with Crippen molar-refractivity contribution in [3.63, 3.8) is 0 Å². The molecule has 1 aromatic carbocycles. The van der Waals surface area contributed by atoms with Gasteiger partial charge in [-0.05, 0) is 12.1 Å². The van der Waals surface area contributed by atoms with Crippen LogP contribution in [0.4, 0.5) is 5.82 Å². The van der Waals surface area contributed by atoms with E-state index in [-0.39, 0.29) is 11.4 Å². The Morgan fingerprint density at radius 2 is 1.79 bits per heavy atom. The average molecular weight is 256 g/mol. The van der Waals surface area contributed by atoms with Crippen molar-refractivity contribution in [1.82, 2.24) is 9.97 Å². The molecule has 6 nitrogen and oxygen atoms in total. The van der Waals surface area contributed by atoms with Crippen LogP contribution in [-0.2, 0) is 0 Å². The lowest BCUT2D eigenvalue weighted by atomic mass is 10.2. The maximum atomic E-state index is 8.79. The number of nitrogens with zero attached hydrogens (tertiary/aromatic N) is 3. The average Bonchev–Trinajstić information content (AvgIpc) is 2.46. The lowest BCUT2D eigenvalue weighted by molar-refractivity contribution is 0.394. The Balaban J connectivity index is 2.52. The lowest BCUT2D eigenvalue weighted by Crippen LogP contribution is -1.99. The van der Waals surface area contributed by atoms with Gasteiger partial charge in [0.25, 0.3) is 0 Å². The first kappa shape index (κ1) is 12.6. The molecule has 0 radical (unpaired) electrons. The molecule has 2 rings (SSSR count). The number of nitriles is 1. The lowest BCUT2D eigenvalue weighted by Gasteiger charge is -2.08. The molecule has 1 heterocycles. The molecule has 0 fully saturated rings. The summed E-state index contributed by atoms with van der Waals surface area (Å²) in [5.41, 5.74) is 6.62. The zero-order chi connectivity index (χ0) is 13.8. The summed E-state index contributed by atoms with van der Waals surface area (Å²) in [4.78, 5) is 8.20. The van der Waals surface area contributed by atoms with Gasteiger partial charge in [0.05, 0.1) is 20.4 Å². The zero-order valence-electron chi connectivity index (χ0n) is 10.5. The van der Waals surface area contributed by atoms with E-state index in [9.17, 15) is 0 Å². The van der Waals surface area contributed by atoms with Gasteiger partial charge in [-0.2, -0.15) is 5.26 Å². The normalized spacial score (nSPS) is 9.74. The fourth-order valence-electron chi connectivity index (χ4n) is 1.56. The zero-order valence-corrected chi connectivity index (χ0v) is 10.5. The second kappa shape index (κ2) is 5.23. The number of benzene rings is 1. The number of hydrogen-bond acceptors (Lipinski definition) is 6. The number of rotatable bonds is 3. The molecule has 0 aliphatic carbocycles. The summed E-state index contributed by atoms with van der Waals surface area (Å²) in [6, 6.07) is 7.20. The molecule has 2 N–H and O–H groups in total. The van der Waals surface area contributed by atoms with Crippen molar-refractivity contribution in [1.29, 1.82) is 5.26 Å². The van der Waals surface area contributed by atoms with Gasteiger partial charge in [-0.1, -0.05) is 0 Å². The molecule has 6 heteroatoms. The van der Waals surface area contributed by atoms with E-state index in [1.807, 2.05) is 6.07 Å². The van der Waals surface area contributed by atoms with Gasteiger partial charge in [0.1, 0.15) is 28.9 Å². The number of nitrogen functional groups attached to an aromatic ring is 1. The molecule has 0 unspecified atom stereocenters. The number of anilines is 1. The number of hydrogen-bond donors (Lipinski definition) is 1. The quantitative estimate of drug-likeness (QED) is 0.896. The highest BCUT2D eigenvalue weighted by atomic mass is 16.5. The SMILES string of the molecule is COc1cc(OC)cc(-c2ncc(C#N)c(N)n2)c1. The molecule has 0 amide bonds. The molecule has 0 spiro atoms. The minimum absolute atomic E-state index is 0.147. The molecule has 2 aromatic rings.